The van der Waals surface area contributed by atoms with Crippen LogP contribution in [0, 0.1) is 0 Å². The van der Waals surface area contributed by atoms with Crippen molar-refractivity contribution in [3.63, 3.8) is 0 Å². The Kier molecular flexibility index (Phi) is 14.7. The Labute approximate surface area is 145 Å². The number of quaternary nitrogens is 1. The van der Waals surface area contributed by atoms with Crippen LogP contribution >= 0.6 is 0 Å². The third kappa shape index (κ3) is 17.7. The first-order valence-electron chi connectivity index (χ1n) is 4.03. The standard InChI is InChI=1S/C3H9NO3S.C2H5NO3S.2Na/c1-4-2-3-8(5,6)7;4-7(5,6)2-1-3-2;;/h4H,2-3H2,1H3,(H,5,6,7);2-3H,1H2,(H,4,5,6);;/q;;2*+1/p-1. The van der Waals surface area contributed by atoms with Gasteiger partial charge in [0.15, 0.2) is 10.1 Å². The van der Waals surface area contributed by atoms with Crippen LogP contribution in [0.25, 0.3) is 0 Å². The van der Waals surface area contributed by atoms with Crippen molar-refractivity contribution in [3.05, 3.63) is 0 Å². The van der Waals surface area contributed by atoms with Gasteiger partial charge >= 0.3 is 59.1 Å². The maximum absolute atomic E-state index is 9.81. The third-order valence-corrected chi connectivity index (χ3v) is 3.23. The summed E-state index contributed by atoms with van der Waals surface area (Å²) in [5.74, 6) is -0.330. The van der Waals surface area contributed by atoms with Crippen molar-refractivity contribution in [1.29, 1.82) is 0 Å². The Hall–Kier alpha value is 1.74. The monoisotopic (exact) mass is 307 g/mol. The van der Waals surface area contributed by atoms with Gasteiger partial charge in [0, 0.05) is 6.54 Å². The molecular formula is C5H13N2Na2O6S2+. The second-order valence-corrected chi connectivity index (χ2v) is 5.98. The molecule has 0 bridgehead atoms. The molecule has 12 heteroatoms. The van der Waals surface area contributed by atoms with E-state index in [9.17, 15) is 25.9 Å². The molecule has 0 aromatic heterocycles. The number of hydrogen-bond donors (Lipinski definition) is 2. The zero-order valence-corrected chi connectivity index (χ0v) is 15.7. The fourth-order valence-electron chi connectivity index (χ4n) is 0.518. The number of rotatable bonds is 4. The Morgan fingerprint density at radius 3 is 1.71 bits per heavy atom. The average molecular weight is 307 g/mol. The van der Waals surface area contributed by atoms with Gasteiger partial charge in [-0.3, -0.25) is 0 Å². The molecule has 92 valence electrons. The van der Waals surface area contributed by atoms with Crippen molar-refractivity contribution in [1.82, 2.24) is 5.32 Å². The molecule has 1 saturated heterocycles. The van der Waals surface area contributed by atoms with E-state index in [0.29, 0.717) is 6.54 Å². The topological polar surface area (TPSA) is 143 Å². The van der Waals surface area contributed by atoms with Crippen molar-refractivity contribution < 1.29 is 90.4 Å². The first-order chi connectivity index (χ1) is 6.67. The van der Waals surface area contributed by atoms with Gasteiger partial charge in [0.25, 0.3) is 0 Å². The van der Waals surface area contributed by atoms with Crippen LogP contribution in [0.5, 0.6) is 0 Å². The molecule has 0 aliphatic carbocycles. The van der Waals surface area contributed by atoms with Crippen LogP contribution in [0.2, 0.25) is 0 Å². The maximum atomic E-state index is 9.81. The summed E-state index contributed by atoms with van der Waals surface area (Å²) < 4.78 is 58.8. The largest absolute Gasteiger partial charge is 1.00 e. The molecule has 0 aromatic carbocycles. The molecule has 0 saturated carbocycles. The summed E-state index contributed by atoms with van der Waals surface area (Å²) in [5, 5.41) is 3.36. The number of hydrogen-bond acceptors (Lipinski definition) is 7. The minimum Gasteiger partial charge on any atom is -0.748 e. The summed E-state index contributed by atoms with van der Waals surface area (Å²) in [4.78, 5) is 0. The summed E-state index contributed by atoms with van der Waals surface area (Å²) in [6, 6.07) is 0. The molecule has 17 heavy (non-hydrogen) atoms. The van der Waals surface area contributed by atoms with E-state index in [1.807, 2.05) is 0 Å². The minimum atomic E-state index is -4.00. The normalized spacial score (nSPS) is 17.9. The second kappa shape index (κ2) is 10.5. The first kappa shape index (κ1) is 23.8. The van der Waals surface area contributed by atoms with Crippen molar-refractivity contribution in [3.8, 4) is 0 Å². The molecular weight excluding hydrogens is 294 g/mol. The molecule has 0 amide bonds. The average Bonchev–Trinajstić information content (AvgIpc) is 2.80. The number of nitrogens with two attached hydrogens (primary N) is 1. The Morgan fingerprint density at radius 1 is 1.24 bits per heavy atom. The third-order valence-electron chi connectivity index (χ3n) is 1.40. The van der Waals surface area contributed by atoms with Crippen molar-refractivity contribution >= 4 is 20.2 Å². The van der Waals surface area contributed by atoms with Gasteiger partial charge < -0.3 is 19.7 Å². The molecule has 1 rings (SSSR count). The van der Waals surface area contributed by atoms with Crippen molar-refractivity contribution in [2.75, 3.05) is 25.9 Å². The van der Waals surface area contributed by atoms with Crippen LogP contribution in [0.15, 0.2) is 0 Å². The summed E-state index contributed by atoms with van der Waals surface area (Å²) in [5.41, 5.74) is 0. The van der Waals surface area contributed by atoms with Crippen LogP contribution in [-0.4, -0.2) is 57.2 Å². The van der Waals surface area contributed by atoms with E-state index in [1.165, 1.54) is 5.32 Å². The van der Waals surface area contributed by atoms with Gasteiger partial charge in [-0.2, -0.15) is 0 Å². The van der Waals surface area contributed by atoms with Crippen LogP contribution in [0.4, 0.5) is 0 Å². The molecule has 1 atom stereocenters. The Bertz CT molecular complexity index is 379. The predicted octanol–water partition coefficient (Wildman–Crippen LogP) is -9.81. The first-order valence-corrected chi connectivity index (χ1v) is 7.08. The Morgan fingerprint density at radius 2 is 1.65 bits per heavy atom. The summed E-state index contributed by atoms with van der Waals surface area (Å²) in [6.45, 7) is 0.678. The molecule has 0 aromatic rings. The van der Waals surface area contributed by atoms with Crippen molar-refractivity contribution in [2.24, 2.45) is 0 Å². The molecule has 0 spiro atoms. The van der Waals surface area contributed by atoms with Gasteiger partial charge in [-0.05, 0) is 7.05 Å². The molecule has 1 aliphatic rings. The van der Waals surface area contributed by atoms with Gasteiger partial charge in [0.05, 0.1) is 15.9 Å². The van der Waals surface area contributed by atoms with Crippen LogP contribution in [0.3, 0.4) is 0 Å². The van der Waals surface area contributed by atoms with Gasteiger partial charge in [0.1, 0.15) is 6.54 Å². The smallest absolute Gasteiger partial charge is 0.748 e. The molecule has 3 N–H and O–H groups in total. The van der Waals surface area contributed by atoms with E-state index in [4.69, 9.17) is 0 Å². The fraction of sp³-hybridized carbons (Fsp3) is 1.00. The van der Waals surface area contributed by atoms with Gasteiger partial charge in [-0.1, -0.05) is 0 Å². The van der Waals surface area contributed by atoms with Gasteiger partial charge in [0.2, 0.25) is 5.37 Å². The molecule has 1 aliphatic heterocycles. The van der Waals surface area contributed by atoms with Crippen LogP contribution in [0.1, 0.15) is 0 Å². The molecule has 1 unspecified atom stereocenters. The molecule has 1 heterocycles. The van der Waals surface area contributed by atoms with E-state index in [0.717, 1.165) is 0 Å². The van der Waals surface area contributed by atoms with E-state index in [-0.39, 0.29) is 71.4 Å². The summed E-state index contributed by atoms with van der Waals surface area (Å²) in [6.07, 6.45) is 0. The second-order valence-electron chi connectivity index (χ2n) is 2.87. The van der Waals surface area contributed by atoms with Gasteiger partial charge in [-0.15, -0.1) is 0 Å². The Balaban J connectivity index is -0.000000207. The quantitative estimate of drug-likeness (QED) is 0.298. The summed E-state index contributed by atoms with van der Waals surface area (Å²) in [7, 11) is -6.35. The fourth-order valence-corrected chi connectivity index (χ4v) is 1.55. The van der Waals surface area contributed by atoms with E-state index in [2.05, 4.69) is 5.32 Å². The predicted molar refractivity (Wildman–Crippen MR) is 48.8 cm³/mol. The van der Waals surface area contributed by atoms with E-state index < -0.39 is 25.6 Å². The van der Waals surface area contributed by atoms with Crippen molar-refractivity contribution in [2.45, 2.75) is 5.37 Å². The van der Waals surface area contributed by atoms with Crippen LogP contribution in [-0.2, 0) is 20.2 Å². The maximum Gasteiger partial charge on any atom is 1.00 e. The van der Waals surface area contributed by atoms with Crippen LogP contribution < -0.4 is 69.7 Å². The molecule has 8 nitrogen and oxygen atoms in total. The molecule has 0 radical (unpaired) electrons. The SMILES string of the molecule is CNCCS(=O)(=O)[O-].O=S(=O)([O-])C1C[NH2+]1.[Na+].[Na+]. The zero-order valence-electron chi connectivity index (χ0n) is 10.0. The van der Waals surface area contributed by atoms with E-state index in [1.54, 1.807) is 7.05 Å². The zero-order chi connectivity index (χ0) is 12.1. The number of nitrogens with one attached hydrogen (secondary N) is 1. The summed E-state index contributed by atoms with van der Waals surface area (Å²) >= 11 is 0. The van der Waals surface area contributed by atoms with E-state index >= 15 is 0 Å². The van der Waals surface area contributed by atoms with Gasteiger partial charge in [-0.25, -0.2) is 16.8 Å². The minimum absolute atomic E-state index is 0. The molecule has 1 fully saturated rings.